The lowest BCUT2D eigenvalue weighted by Crippen LogP contribution is -2.34. The van der Waals surface area contributed by atoms with E-state index in [4.69, 9.17) is 4.74 Å². The van der Waals surface area contributed by atoms with E-state index in [1.165, 1.54) is 6.21 Å². The molecule has 0 bridgehead atoms. The van der Waals surface area contributed by atoms with Crippen LogP contribution in [0.15, 0.2) is 86.8 Å². The molecule has 2 N–H and O–H groups in total. The molecule has 9 heteroatoms. The molecule has 0 unspecified atom stereocenters. The van der Waals surface area contributed by atoms with Crippen LogP contribution < -0.4 is 15.5 Å². The van der Waals surface area contributed by atoms with Gasteiger partial charge < -0.3 is 10.1 Å². The Balaban J connectivity index is 1.45. The van der Waals surface area contributed by atoms with Crippen LogP contribution in [-0.2, 0) is 4.79 Å². The third kappa shape index (κ3) is 7.14. The maximum absolute atomic E-state index is 12.2. The minimum Gasteiger partial charge on any atom is -0.423 e. The molecule has 3 aromatic carbocycles. The van der Waals surface area contributed by atoms with E-state index >= 15 is 0 Å². The molecule has 0 atom stereocenters. The number of ether oxygens (including phenoxy) is 1. The van der Waals surface area contributed by atoms with E-state index in [1.807, 2.05) is 6.07 Å². The average Bonchev–Trinajstić information content (AvgIpc) is 2.78. The van der Waals surface area contributed by atoms with Crippen molar-refractivity contribution in [3.05, 3.63) is 98.4 Å². The third-order valence-corrected chi connectivity index (χ3v) is 5.04. The van der Waals surface area contributed by atoms with Crippen LogP contribution in [0.3, 0.4) is 0 Å². The number of hydrazone groups is 1. The quantitative estimate of drug-likeness (QED) is 0.195. The first-order chi connectivity index (χ1) is 15.4. The van der Waals surface area contributed by atoms with Gasteiger partial charge in [0.15, 0.2) is 0 Å². The van der Waals surface area contributed by atoms with Gasteiger partial charge in [-0.2, -0.15) is 5.10 Å². The van der Waals surface area contributed by atoms with Crippen LogP contribution in [-0.4, -0.2) is 30.5 Å². The maximum Gasteiger partial charge on any atom is 0.343 e. The van der Waals surface area contributed by atoms with Crippen LogP contribution in [0.2, 0.25) is 0 Å². The Morgan fingerprint density at radius 2 is 1.50 bits per heavy atom. The van der Waals surface area contributed by atoms with Gasteiger partial charge in [-0.05, 0) is 66.2 Å². The molecule has 7 nitrogen and oxygen atoms in total. The summed E-state index contributed by atoms with van der Waals surface area (Å²) in [5.74, 6) is -0.918. The van der Waals surface area contributed by atoms with Gasteiger partial charge in [-0.1, -0.05) is 44.0 Å². The minimum absolute atomic E-state index is 0.215. The fraction of sp³-hybridized carbons (Fsp3) is 0.0435. The highest BCUT2D eigenvalue weighted by Gasteiger charge is 2.09. The Morgan fingerprint density at radius 1 is 0.875 bits per heavy atom. The molecular weight excluding hydrogens is 542 g/mol. The first-order valence-corrected chi connectivity index (χ1v) is 10.9. The van der Waals surface area contributed by atoms with E-state index in [9.17, 15) is 14.4 Å². The Hall–Kier alpha value is -3.30. The van der Waals surface area contributed by atoms with Crippen molar-refractivity contribution in [1.29, 1.82) is 0 Å². The first-order valence-electron chi connectivity index (χ1n) is 9.34. The fourth-order valence-electron chi connectivity index (χ4n) is 2.51. The average molecular weight is 559 g/mol. The predicted octanol–water partition coefficient (Wildman–Crippen LogP) is 4.31. The van der Waals surface area contributed by atoms with Crippen molar-refractivity contribution in [3.63, 3.8) is 0 Å². The van der Waals surface area contributed by atoms with E-state index < -0.39 is 11.9 Å². The molecular formula is C23H17Br2N3O4. The number of rotatable bonds is 7. The van der Waals surface area contributed by atoms with Gasteiger partial charge in [-0.25, -0.2) is 10.2 Å². The monoisotopic (exact) mass is 557 g/mol. The number of carbonyl (C=O) groups excluding carboxylic acids is 3. The van der Waals surface area contributed by atoms with E-state index in [2.05, 4.69) is 47.7 Å². The van der Waals surface area contributed by atoms with Crippen molar-refractivity contribution in [2.45, 2.75) is 0 Å². The Morgan fingerprint density at radius 3 is 2.16 bits per heavy atom. The van der Waals surface area contributed by atoms with Crippen LogP contribution in [0.25, 0.3) is 0 Å². The molecule has 0 aliphatic heterocycles. The standard InChI is InChI=1S/C23H17Br2N3O4/c24-18-5-1-3-16(11-18)22(30)26-14-21(29)28-27-13-15-7-9-20(10-8-15)32-23(31)17-4-2-6-19(25)12-17/h1-13H,14H2,(H,26,30)(H,28,29)/b27-13+. The molecule has 0 fully saturated rings. The molecule has 0 saturated carbocycles. The number of esters is 1. The summed E-state index contributed by atoms with van der Waals surface area (Å²) in [6.07, 6.45) is 1.44. The predicted molar refractivity (Wildman–Crippen MR) is 128 cm³/mol. The highest BCUT2D eigenvalue weighted by Crippen LogP contribution is 2.16. The molecule has 0 saturated heterocycles. The Labute approximate surface area is 201 Å². The van der Waals surface area contributed by atoms with Gasteiger partial charge in [0.05, 0.1) is 18.3 Å². The minimum atomic E-state index is -0.468. The van der Waals surface area contributed by atoms with Crippen LogP contribution >= 0.6 is 31.9 Å². The highest BCUT2D eigenvalue weighted by atomic mass is 79.9. The molecule has 162 valence electrons. The van der Waals surface area contributed by atoms with Crippen molar-refractivity contribution < 1.29 is 19.1 Å². The van der Waals surface area contributed by atoms with Gasteiger partial charge in [0.25, 0.3) is 11.8 Å². The summed E-state index contributed by atoms with van der Waals surface area (Å²) in [5, 5.41) is 6.38. The Bertz CT molecular complexity index is 1160. The molecule has 0 spiro atoms. The zero-order valence-corrected chi connectivity index (χ0v) is 19.7. The van der Waals surface area contributed by atoms with Gasteiger partial charge in [0.1, 0.15) is 5.75 Å². The number of nitrogens with zero attached hydrogens (tertiary/aromatic N) is 1. The second kappa shape index (κ2) is 11.4. The van der Waals surface area contributed by atoms with Crippen molar-refractivity contribution in [2.24, 2.45) is 5.10 Å². The topological polar surface area (TPSA) is 96.9 Å². The second-order valence-corrected chi connectivity index (χ2v) is 8.29. The highest BCUT2D eigenvalue weighted by molar-refractivity contribution is 9.10. The number of halogens is 2. The van der Waals surface area contributed by atoms with Crippen LogP contribution in [0.1, 0.15) is 26.3 Å². The summed E-state index contributed by atoms with van der Waals surface area (Å²) in [4.78, 5) is 36.0. The zero-order valence-electron chi connectivity index (χ0n) is 16.5. The summed E-state index contributed by atoms with van der Waals surface area (Å²) in [5.41, 5.74) is 3.90. The summed E-state index contributed by atoms with van der Waals surface area (Å²) in [7, 11) is 0. The lowest BCUT2D eigenvalue weighted by atomic mass is 10.2. The molecule has 3 aromatic rings. The van der Waals surface area contributed by atoms with Gasteiger partial charge in [0, 0.05) is 14.5 Å². The third-order valence-electron chi connectivity index (χ3n) is 4.05. The number of nitrogens with one attached hydrogen (secondary N) is 2. The molecule has 32 heavy (non-hydrogen) atoms. The van der Waals surface area contributed by atoms with E-state index in [0.717, 1.165) is 8.95 Å². The Kier molecular flexibility index (Phi) is 8.29. The number of carbonyl (C=O) groups is 3. The number of benzene rings is 3. The molecule has 3 rings (SSSR count). The number of hydrogen-bond acceptors (Lipinski definition) is 5. The summed E-state index contributed by atoms with van der Waals surface area (Å²) < 4.78 is 6.89. The van der Waals surface area contributed by atoms with E-state index in [-0.39, 0.29) is 12.5 Å². The molecule has 0 heterocycles. The number of hydrogen-bond donors (Lipinski definition) is 2. The molecule has 0 aromatic heterocycles. The fourth-order valence-corrected chi connectivity index (χ4v) is 3.31. The second-order valence-electron chi connectivity index (χ2n) is 6.46. The van der Waals surface area contributed by atoms with Crippen LogP contribution in [0.4, 0.5) is 0 Å². The maximum atomic E-state index is 12.2. The number of amides is 2. The first kappa shape index (κ1) is 23.4. The van der Waals surface area contributed by atoms with Crippen molar-refractivity contribution in [3.8, 4) is 5.75 Å². The lowest BCUT2D eigenvalue weighted by Gasteiger charge is -2.05. The van der Waals surface area contributed by atoms with Gasteiger partial charge in [0.2, 0.25) is 0 Å². The van der Waals surface area contributed by atoms with Crippen molar-refractivity contribution in [1.82, 2.24) is 10.7 Å². The van der Waals surface area contributed by atoms with Crippen LogP contribution in [0, 0.1) is 0 Å². The van der Waals surface area contributed by atoms with Crippen molar-refractivity contribution >= 4 is 55.9 Å². The SMILES string of the molecule is O=C(CNC(=O)c1cccc(Br)c1)N/N=C/c1ccc(OC(=O)c2cccc(Br)c2)cc1. The van der Waals surface area contributed by atoms with Crippen LogP contribution in [0.5, 0.6) is 5.75 Å². The van der Waals surface area contributed by atoms with Gasteiger partial charge in [-0.15, -0.1) is 0 Å². The van der Waals surface area contributed by atoms with E-state index in [1.54, 1.807) is 66.7 Å². The molecule has 0 aliphatic rings. The summed E-state index contributed by atoms with van der Waals surface area (Å²) in [6.45, 7) is -0.215. The smallest absolute Gasteiger partial charge is 0.343 e. The normalized spacial score (nSPS) is 10.6. The molecule has 0 aliphatic carbocycles. The zero-order chi connectivity index (χ0) is 22.9. The summed E-state index contributed by atoms with van der Waals surface area (Å²) >= 11 is 6.61. The lowest BCUT2D eigenvalue weighted by molar-refractivity contribution is -0.120. The molecule has 2 amide bonds. The van der Waals surface area contributed by atoms with Gasteiger partial charge in [-0.3, -0.25) is 9.59 Å². The van der Waals surface area contributed by atoms with Crippen molar-refractivity contribution in [2.75, 3.05) is 6.54 Å². The summed E-state index contributed by atoms with van der Waals surface area (Å²) in [6, 6.07) is 20.4. The van der Waals surface area contributed by atoms with E-state index in [0.29, 0.717) is 22.4 Å². The molecule has 0 radical (unpaired) electrons. The van der Waals surface area contributed by atoms with Gasteiger partial charge >= 0.3 is 5.97 Å². The largest absolute Gasteiger partial charge is 0.423 e.